The Kier molecular flexibility index (Phi) is 3.84. The van der Waals surface area contributed by atoms with E-state index >= 15 is 0 Å². The fourth-order valence-electron chi connectivity index (χ4n) is 1.29. The van der Waals surface area contributed by atoms with Crippen LogP contribution in [-0.2, 0) is 7.05 Å². The van der Waals surface area contributed by atoms with Crippen molar-refractivity contribution in [3.63, 3.8) is 0 Å². The molecular weight excluding hydrogens is 350 g/mol. The van der Waals surface area contributed by atoms with Gasteiger partial charge in [0.05, 0.1) is 0 Å². The Labute approximate surface area is 118 Å². The van der Waals surface area contributed by atoms with Gasteiger partial charge in [0, 0.05) is 13.1 Å². The molecule has 0 N–H and O–H groups in total. The largest absolute Gasteiger partial charge is 0.573 e. The Balaban J connectivity index is 2.20. The van der Waals surface area contributed by atoms with Crippen LogP contribution in [0, 0.1) is 5.82 Å². The van der Waals surface area contributed by atoms with Crippen LogP contribution in [0.4, 0.5) is 17.6 Å². The molecule has 10 heteroatoms. The van der Waals surface area contributed by atoms with Crippen LogP contribution in [0.5, 0.6) is 17.5 Å². The van der Waals surface area contributed by atoms with Gasteiger partial charge in [-0.25, -0.2) is 9.07 Å². The molecule has 0 saturated carbocycles. The van der Waals surface area contributed by atoms with Crippen molar-refractivity contribution in [1.29, 1.82) is 0 Å². The minimum atomic E-state index is -4.89. The van der Waals surface area contributed by atoms with E-state index in [0.717, 1.165) is 12.1 Å². The van der Waals surface area contributed by atoms with E-state index in [1.165, 1.54) is 11.7 Å². The summed E-state index contributed by atoms with van der Waals surface area (Å²) >= 11 is 3.00. The van der Waals surface area contributed by atoms with Crippen molar-refractivity contribution >= 4 is 15.9 Å². The summed E-state index contributed by atoms with van der Waals surface area (Å²) in [7, 11) is 1.51. The lowest BCUT2D eigenvalue weighted by molar-refractivity contribution is -0.274. The summed E-state index contributed by atoms with van der Waals surface area (Å²) in [5, 5.41) is 3.80. The van der Waals surface area contributed by atoms with E-state index in [-0.39, 0.29) is 16.5 Å². The topological polar surface area (TPSA) is 49.2 Å². The first-order chi connectivity index (χ1) is 9.24. The molecule has 0 radical (unpaired) electrons. The van der Waals surface area contributed by atoms with E-state index in [2.05, 4.69) is 30.7 Å². The van der Waals surface area contributed by atoms with Gasteiger partial charge in [0.2, 0.25) is 4.73 Å². The second kappa shape index (κ2) is 5.27. The number of ether oxygens (including phenoxy) is 2. The Morgan fingerprint density at radius 3 is 2.50 bits per heavy atom. The molecule has 1 aromatic carbocycles. The van der Waals surface area contributed by atoms with Crippen molar-refractivity contribution in [1.82, 2.24) is 14.8 Å². The van der Waals surface area contributed by atoms with Gasteiger partial charge in [0.15, 0.2) is 11.6 Å². The van der Waals surface area contributed by atoms with Crippen LogP contribution in [0.15, 0.2) is 22.9 Å². The molecule has 2 rings (SSSR count). The van der Waals surface area contributed by atoms with E-state index in [9.17, 15) is 17.6 Å². The number of rotatable bonds is 3. The number of hydrogen-bond donors (Lipinski definition) is 0. The lowest BCUT2D eigenvalue weighted by Crippen LogP contribution is -2.17. The monoisotopic (exact) mass is 355 g/mol. The predicted octanol–water partition coefficient (Wildman–Crippen LogP) is 3.41. The van der Waals surface area contributed by atoms with Crippen molar-refractivity contribution in [3.8, 4) is 17.5 Å². The maximum atomic E-state index is 13.6. The number of nitrogens with zero attached hydrogens (tertiary/aromatic N) is 3. The van der Waals surface area contributed by atoms with Crippen LogP contribution in [0.25, 0.3) is 0 Å². The quantitative estimate of drug-likeness (QED) is 0.791. The highest BCUT2D eigenvalue weighted by molar-refractivity contribution is 9.10. The van der Waals surface area contributed by atoms with Crippen LogP contribution >= 0.6 is 15.9 Å². The average molecular weight is 356 g/mol. The molecule has 0 amide bonds. The zero-order chi connectivity index (χ0) is 14.9. The molecule has 0 fully saturated rings. The molecule has 108 valence electrons. The Morgan fingerprint density at radius 1 is 1.30 bits per heavy atom. The summed E-state index contributed by atoms with van der Waals surface area (Å²) in [4.78, 5) is 3.80. The van der Waals surface area contributed by atoms with E-state index in [4.69, 9.17) is 4.74 Å². The first kappa shape index (κ1) is 14.6. The van der Waals surface area contributed by atoms with Gasteiger partial charge in [0.25, 0.3) is 0 Å². The first-order valence-corrected chi connectivity index (χ1v) is 5.83. The highest BCUT2D eigenvalue weighted by atomic mass is 79.9. The zero-order valence-corrected chi connectivity index (χ0v) is 11.4. The van der Waals surface area contributed by atoms with Crippen LogP contribution in [-0.4, -0.2) is 21.1 Å². The van der Waals surface area contributed by atoms with Crippen molar-refractivity contribution in [3.05, 3.63) is 28.7 Å². The van der Waals surface area contributed by atoms with E-state index in [1.807, 2.05) is 0 Å². The van der Waals surface area contributed by atoms with Gasteiger partial charge in [0.1, 0.15) is 5.75 Å². The van der Waals surface area contributed by atoms with Gasteiger partial charge >= 0.3 is 12.4 Å². The molecule has 0 aliphatic carbocycles. The Hall–Kier alpha value is -1.84. The van der Waals surface area contributed by atoms with Crippen LogP contribution in [0.1, 0.15) is 0 Å². The SMILES string of the molecule is Cn1nc(Br)nc1Oc1ccc(OC(F)(F)F)cc1F. The van der Waals surface area contributed by atoms with E-state index < -0.39 is 17.9 Å². The normalized spacial score (nSPS) is 11.5. The third-order valence-electron chi connectivity index (χ3n) is 2.04. The fraction of sp³-hybridized carbons (Fsp3) is 0.200. The molecule has 0 aliphatic heterocycles. The maximum absolute atomic E-state index is 13.6. The molecule has 1 aromatic heterocycles. The van der Waals surface area contributed by atoms with Crippen molar-refractivity contribution in [2.45, 2.75) is 6.36 Å². The van der Waals surface area contributed by atoms with Crippen molar-refractivity contribution in [2.24, 2.45) is 7.05 Å². The number of benzene rings is 1. The fourth-order valence-corrected chi connectivity index (χ4v) is 1.68. The molecule has 0 aliphatic rings. The highest BCUT2D eigenvalue weighted by Crippen LogP contribution is 2.29. The van der Waals surface area contributed by atoms with Crippen LogP contribution in [0.3, 0.4) is 0 Å². The minimum absolute atomic E-state index is 0.0275. The molecule has 0 saturated heterocycles. The maximum Gasteiger partial charge on any atom is 0.573 e. The number of aromatic nitrogens is 3. The van der Waals surface area contributed by atoms with E-state index in [0.29, 0.717) is 6.07 Å². The summed E-state index contributed by atoms with van der Waals surface area (Å²) < 4.78 is 59.7. The highest BCUT2D eigenvalue weighted by Gasteiger charge is 2.31. The minimum Gasteiger partial charge on any atom is -0.421 e. The Bertz CT molecular complexity index is 629. The molecule has 0 spiro atoms. The first-order valence-electron chi connectivity index (χ1n) is 5.04. The number of halogens is 5. The van der Waals surface area contributed by atoms with Gasteiger partial charge in [-0.05, 0) is 28.1 Å². The number of alkyl halides is 3. The standard InChI is InChI=1S/C10H6BrF4N3O2/c1-18-9(16-8(11)17-18)19-7-3-2-5(4-6(7)12)20-10(13,14)15/h2-4H,1H3. The van der Waals surface area contributed by atoms with E-state index in [1.54, 1.807) is 0 Å². The summed E-state index contributed by atoms with van der Waals surface area (Å²) in [6.07, 6.45) is -4.89. The summed E-state index contributed by atoms with van der Waals surface area (Å²) in [5.74, 6) is -2.00. The van der Waals surface area contributed by atoms with Crippen molar-refractivity contribution < 1.29 is 27.0 Å². The molecule has 0 unspecified atom stereocenters. The zero-order valence-electron chi connectivity index (χ0n) is 9.78. The predicted molar refractivity (Wildman–Crippen MR) is 61.9 cm³/mol. The lowest BCUT2D eigenvalue weighted by atomic mass is 10.3. The molecule has 1 heterocycles. The second-order valence-electron chi connectivity index (χ2n) is 3.53. The van der Waals surface area contributed by atoms with Crippen LogP contribution < -0.4 is 9.47 Å². The third kappa shape index (κ3) is 3.59. The molecule has 0 bridgehead atoms. The second-order valence-corrected chi connectivity index (χ2v) is 4.24. The van der Waals surface area contributed by atoms with Gasteiger partial charge in [-0.2, -0.15) is 4.98 Å². The third-order valence-corrected chi connectivity index (χ3v) is 2.37. The molecule has 5 nitrogen and oxygen atoms in total. The molecule has 20 heavy (non-hydrogen) atoms. The van der Waals surface area contributed by atoms with Gasteiger partial charge < -0.3 is 9.47 Å². The molecule has 0 atom stereocenters. The van der Waals surface area contributed by atoms with Gasteiger partial charge in [-0.3, -0.25) is 0 Å². The molecule has 2 aromatic rings. The Morgan fingerprint density at radius 2 is 2.00 bits per heavy atom. The molecular formula is C10H6BrF4N3O2. The number of hydrogen-bond acceptors (Lipinski definition) is 4. The summed E-state index contributed by atoms with van der Waals surface area (Å²) in [6.45, 7) is 0. The number of aryl methyl sites for hydroxylation is 1. The van der Waals surface area contributed by atoms with Crippen LogP contribution in [0.2, 0.25) is 0 Å². The van der Waals surface area contributed by atoms with Gasteiger partial charge in [-0.15, -0.1) is 18.3 Å². The lowest BCUT2D eigenvalue weighted by Gasteiger charge is -2.10. The van der Waals surface area contributed by atoms with Crippen molar-refractivity contribution in [2.75, 3.05) is 0 Å². The van der Waals surface area contributed by atoms with Gasteiger partial charge in [-0.1, -0.05) is 0 Å². The smallest absolute Gasteiger partial charge is 0.421 e. The summed E-state index contributed by atoms with van der Waals surface area (Å²) in [5.41, 5.74) is 0. The summed E-state index contributed by atoms with van der Waals surface area (Å²) in [6, 6.07) is 2.46. The average Bonchev–Trinajstić information content (AvgIpc) is 2.59.